The van der Waals surface area contributed by atoms with Crippen LogP contribution in [0.3, 0.4) is 0 Å². The molecule has 0 saturated carbocycles. The van der Waals surface area contributed by atoms with Crippen molar-refractivity contribution in [2.24, 2.45) is 5.73 Å². The van der Waals surface area contributed by atoms with Crippen molar-refractivity contribution in [1.82, 2.24) is 9.80 Å². The third kappa shape index (κ3) is 27.6. The summed E-state index contributed by atoms with van der Waals surface area (Å²) in [5.74, 6) is -0.141. The van der Waals surface area contributed by atoms with Gasteiger partial charge in [-0.1, -0.05) is 142 Å². The molecule has 1 aliphatic heterocycles. The molecule has 0 aromatic rings. The van der Waals surface area contributed by atoms with Crippen molar-refractivity contribution in [2.75, 3.05) is 52.5 Å². The Hall–Kier alpha value is -1.18. The van der Waals surface area contributed by atoms with Gasteiger partial charge < -0.3 is 20.1 Å². The number of ether oxygens (including phenoxy) is 2. The zero-order valence-corrected chi connectivity index (χ0v) is 32.1. The summed E-state index contributed by atoms with van der Waals surface area (Å²) in [6.07, 6.45) is 33.6. The molecule has 0 aromatic carbocycles. The molecule has 0 atom stereocenters. The molecule has 1 aliphatic rings. The first-order valence-corrected chi connectivity index (χ1v) is 21.1. The average Bonchev–Trinajstić information content (AvgIpc) is 3.09. The van der Waals surface area contributed by atoms with Crippen LogP contribution in [-0.2, 0) is 19.1 Å². The number of unbranched alkanes of at least 4 members (excludes halogenated alkanes) is 21. The van der Waals surface area contributed by atoms with Gasteiger partial charge in [0.2, 0.25) is 0 Å². The zero-order valence-electron chi connectivity index (χ0n) is 32.1. The molecule has 7 heteroatoms. The Morgan fingerprint density at radius 3 is 1.31 bits per heavy atom. The number of esters is 2. The van der Waals surface area contributed by atoms with Crippen LogP contribution < -0.4 is 5.73 Å². The van der Waals surface area contributed by atoms with E-state index in [0.717, 1.165) is 77.5 Å². The Labute approximate surface area is 298 Å². The number of hydrogen-bond donors (Lipinski definition) is 1. The van der Waals surface area contributed by atoms with Crippen LogP contribution in [0.1, 0.15) is 194 Å². The van der Waals surface area contributed by atoms with Crippen LogP contribution in [0.15, 0.2) is 0 Å². The zero-order chi connectivity index (χ0) is 34.8. The van der Waals surface area contributed by atoms with Crippen molar-refractivity contribution >= 4 is 11.9 Å². The van der Waals surface area contributed by atoms with E-state index in [1.807, 2.05) is 0 Å². The van der Waals surface area contributed by atoms with Gasteiger partial charge in [0, 0.05) is 32.0 Å². The smallest absolute Gasteiger partial charge is 0.305 e. The lowest BCUT2D eigenvalue weighted by atomic mass is 10.0. The topological polar surface area (TPSA) is 85.1 Å². The van der Waals surface area contributed by atoms with Crippen molar-refractivity contribution in [3.63, 3.8) is 0 Å². The van der Waals surface area contributed by atoms with Crippen molar-refractivity contribution in [3.8, 4) is 0 Å². The second kappa shape index (κ2) is 34.3. The Morgan fingerprint density at radius 1 is 0.562 bits per heavy atom. The van der Waals surface area contributed by atoms with Crippen LogP contribution >= 0.6 is 0 Å². The van der Waals surface area contributed by atoms with Crippen LogP contribution in [0, 0.1) is 0 Å². The molecule has 1 fully saturated rings. The predicted octanol–water partition coefficient (Wildman–Crippen LogP) is 9.98. The number of nitrogens with zero attached hydrogens (tertiary/aromatic N) is 2. The van der Waals surface area contributed by atoms with Gasteiger partial charge >= 0.3 is 11.9 Å². The summed E-state index contributed by atoms with van der Waals surface area (Å²) in [5, 5.41) is 0. The first-order chi connectivity index (χ1) is 23.6. The van der Waals surface area contributed by atoms with E-state index in [0.29, 0.717) is 45.2 Å². The molecule has 1 heterocycles. The van der Waals surface area contributed by atoms with Crippen molar-refractivity contribution in [2.45, 2.75) is 200 Å². The predicted molar refractivity (Wildman–Crippen MR) is 203 cm³/mol. The second-order valence-electron chi connectivity index (χ2n) is 14.6. The molecule has 1 rings (SSSR count). The van der Waals surface area contributed by atoms with Crippen LogP contribution in [0.2, 0.25) is 0 Å². The van der Waals surface area contributed by atoms with Gasteiger partial charge in [0.05, 0.1) is 0 Å². The SMILES string of the molecule is CCCCCCCCCCCCCC(=O)OCCN(CCOC(=O)CCCCCCCCCCCCC)C1CCN(CCCCN)CC1. The summed E-state index contributed by atoms with van der Waals surface area (Å²) in [6.45, 7) is 10.8. The van der Waals surface area contributed by atoms with Crippen LogP contribution in [-0.4, -0.2) is 80.3 Å². The summed E-state index contributed by atoms with van der Waals surface area (Å²) >= 11 is 0. The van der Waals surface area contributed by atoms with E-state index in [4.69, 9.17) is 15.2 Å². The normalized spacial score (nSPS) is 14.2. The van der Waals surface area contributed by atoms with Gasteiger partial charge in [0.15, 0.2) is 0 Å². The van der Waals surface area contributed by atoms with E-state index >= 15 is 0 Å². The molecule has 2 N–H and O–H groups in total. The van der Waals surface area contributed by atoms with Gasteiger partial charge in [-0.05, 0) is 64.7 Å². The standard InChI is InChI=1S/C41H81N3O4/c1-3-5-7-9-11-13-15-17-19-21-23-27-40(45)47-37-35-44(39-29-33-43(34-30-39)32-26-25-31-42)36-38-48-41(46)28-24-22-20-18-16-14-12-10-8-6-4-2/h39H,3-38,42H2,1-2H3. The van der Waals surface area contributed by atoms with Gasteiger partial charge in [-0.25, -0.2) is 0 Å². The third-order valence-corrected chi connectivity index (χ3v) is 10.3. The van der Waals surface area contributed by atoms with Crippen LogP contribution in [0.4, 0.5) is 0 Å². The van der Waals surface area contributed by atoms with E-state index in [1.54, 1.807) is 0 Å². The van der Waals surface area contributed by atoms with E-state index in [1.165, 1.54) is 116 Å². The summed E-state index contributed by atoms with van der Waals surface area (Å²) in [5.41, 5.74) is 5.69. The van der Waals surface area contributed by atoms with Gasteiger partial charge in [-0.3, -0.25) is 14.5 Å². The van der Waals surface area contributed by atoms with Gasteiger partial charge in [0.25, 0.3) is 0 Å². The Kier molecular flexibility index (Phi) is 32.0. The maximum Gasteiger partial charge on any atom is 0.305 e. The van der Waals surface area contributed by atoms with E-state index in [-0.39, 0.29) is 11.9 Å². The molecule has 0 bridgehead atoms. The first-order valence-electron chi connectivity index (χ1n) is 21.1. The lowest BCUT2D eigenvalue weighted by molar-refractivity contribution is -0.145. The fraction of sp³-hybridized carbons (Fsp3) is 0.951. The first kappa shape index (κ1) is 44.8. The van der Waals surface area contributed by atoms with Crippen LogP contribution in [0.25, 0.3) is 0 Å². The number of nitrogens with two attached hydrogens (primary N) is 1. The molecule has 284 valence electrons. The highest BCUT2D eigenvalue weighted by Crippen LogP contribution is 2.18. The van der Waals surface area contributed by atoms with Gasteiger partial charge in [-0.15, -0.1) is 0 Å². The second-order valence-corrected chi connectivity index (χ2v) is 14.6. The largest absolute Gasteiger partial charge is 0.464 e. The molecule has 0 spiro atoms. The highest BCUT2D eigenvalue weighted by atomic mass is 16.5. The minimum Gasteiger partial charge on any atom is -0.464 e. The van der Waals surface area contributed by atoms with Crippen molar-refractivity contribution in [3.05, 3.63) is 0 Å². The summed E-state index contributed by atoms with van der Waals surface area (Å²) < 4.78 is 11.4. The van der Waals surface area contributed by atoms with Crippen molar-refractivity contribution in [1.29, 1.82) is 0 Å². The highest BCUT2D eigenvalue weighted by molar-refractivity contribution is 5.69. The van der Waals surface area contributed by atoms with Gasteiger partial charge in [-0.2, -0.15) is 0 Å². The van der Waals surface area contributed by atoms with E-state index < -0.39 is 0 Å². The number of carbonyl (C=O) groups is 2. The van der Waals surface area contributed by atoms with Gasteiger partial charge in [0.1, 0.15) is 13.2 Å². The molecule has 7 nitrogen and oxygen atoms in total. The molecule has 0 unspecified atom stereocenters. The fourth-order valence-electron chi connectivity index (χ4n) is 7.03. The minimum atomic E-state index is -0.0704. The number of likely N-dealkylation sites (tertiary alicyclic amines) is 1. The molecule has 0 aliphatic carbocycles. The Bertz CT molecular complexity index is 670. The molecule has 0 radical (unpaired) electrons. The Morgan fingerprint density at radius 2 is 0.938 bits per heavy atom. The lowest BCUT2D eigenvalue weighted by Crippen LogP contribution is -2.47. The number of carbonyl (C=O) groups excluding carboxylic acids is 2. The lowest BCUT2D eigenvalue weighted by Gasteiger charge is -2.38. The molecule has 0 amide bonds. The van der Waals surface area contributed by atoms with Crippen molar-refractivity contribution < 1.29 is 19.1 Å². The van der Waals surface area contributed by atoms with E-state index in [9.17, 15) is 9.59 Å². The van der Waals surface area contributed by atoms with E-state index in [2.05, 4.69) is 23.6 Å². The molecule has 0 aromatic heterocycles. The van der Waals surface area contributed by atoms with Crippen LogP contribution in [0.5, 0.6) is 0 Å². The molecule has 1 saturated heterocycles. The summed E-state index contributed by atoms with van der Waals surface area (Å²) in [7, 11) is 0. The monoisotopic (exact) mass is 680 g/mol. The molecular formula is C41H81N3O4. The Balaban J connectivity index is 2.25. The summed E-state index contributed by atoms with van der Waals surface area (Å²) in [4.78, 5) is 29.9. The third-order valence-electron chi connectivity index (χ3n) is 10.3. The number of hydrogen-bond acceptors (Lipinski definition) is 7. The number of piperidine rings is 1. The average molecular weight is 680 g/mol. The molecular weight excluding hydrogens is 598 g/mol. The summed E-state index contributed by atoms with van der Waals surface area (Å²) in [6, 6.07) is 0.437. The highest BCUT2D eigenvalue weighted by Gasteiger charge is 2.25. The molecule has 48 heavy (non-hydrogen) atoms. The number of rotatable bonds is 35. The quantitative estimate of drug-likeness (QED) is 0.0527. The maximum absolute atomic E-state index is 12.5. The minimum absolute atomic E-state index is 0.0704. The maximum atomic E-state index is 12.5. The fourth-order valence-corrected chi connectivity index (χ4v) is 7.03.